The van der Waals surface area contributed by atoms with Crippen molar-refractivity contribution >= 4 is 40.5 Å². The largest absolute Gasteiger partial charge is 0.398 e. The van der Waals surface area contributed by atoms with E-state index in [0.717, 1.165) is 12.1 Å². The van der Waals surface area contributed by atoms with Crippen molar-refractivity contribution in [1.82, 2.24) is 0 Å². The second-order valence-electron chi connectivity index (χ2n) is 3.84. The van der Waals surface area contributed by atoms with Gasteiger partial charge >= 0.3 is 0 Å². The van der Waals surface area contributed by atoms with Gasteiger partial charge in [0.05, 0.1) is 5.56 Å². The maximum absolute atomic E-state index is 13.1. The predicted octanol–water partition coefficient (Wildman–Crippen LogP) is 3.97. The molecule has 0 atom stereocenters. The maximum atomic E-state index is 13.1. The van der Waals surface area contributed by atoms with Crippen LogP contribution < -0.4 is 11.1 Å². The van der Waals surface area contributed by atoms with Crippen LogP contribution in [-0.4, -0.2) is 5.91 Å². The Hall–Kier alpha value is -1.78. The van der Waals surface area contributed by atoms with Gasteiger partial charge < -0.3 is 11.1 Å². The predicted molar refractivity (Wildman–Crippen MR) is 75.2 cm³/mol. The van der Waals surface area contributed by atoms with E-state index < -0.39 is 11.7 Å². The first-order valence-corrected chi connectivity index (χ1v) is 6.04. The van der Waals surface area contributed by atoms with Gasteiger partial charge in [0.2, 0.25) is 0 Å². The molecule has 3 N–H and O–H groups in total. The summed E-state index contributed by atoms with van der Waals surface area (Å²) in [5.74, 6) is -1.02. The minimum Gasteiger partial charge on any atom is -0.398 e. The number of carbonyl (C=O) groups is 1. The third kappa shape index (κ3) is 3.36. The van der Waals surface area contributed by atoms with Crippen molar-refractivity contribution in [2.45, 2.75) is 0 Å². The van der Waals surface area contributed by atoms with Crippen LogP contribution in [0, 0.1) is 5.82 Å². The van der Waals surface area contributed by atoms with Crippen molar-refractivity contribution in [2.24, 2.45) is 0 Å². The number of nitrogens with one attached hydrogen (secondary N) is 1. The highest BCUT2D eigenvalue weighted by molar-refractivity contribution is 6.31. The molecular weight excluding hydrogens is 290 g/mol. The third-order valence-electron chi connectivity index (χ3n) is 2.38. The lowest BCUT2D eigenvalue weighted by molar-refractivity contribution is 0.102. The van der Waals surface area contributed by atoms with Crippen molar-refractivity contribution in [3.63, 3.8) is 0 Å². The average Bonchev–Trinajstić information content (AvgIpc) is 2.30. The second-order valence-corrected chi connectivity index (χ2v) is 4.72. The molecule has 0 fully saturated rings. The van der Waals surface area contributed by atoms with Crippen molar-refractivity contribution in [2.75, 3.05) is 11.1 Å². The number of hydrogen-bond acceptors (Lipinski definition) is 2. The number of nitrogens with two attached hydrogens (primary N) is 1. The molecule has 0 aliphatic carbocycles. The number of benzene rings is 2. The molecular formula is C13H9Cl2FN2O. The molecule has 0 radical (unpaired) electrons. The molecule has 98 valence electrons. The molecule has 0 aliphatic rings. The average molecular weight is 299 g/mol. The normalized spacial score (nSPS) is 10.3. The van der Waals surface area contributed by atoms with E-state index in [1.807, 2.05) is 0 Å². The van der Waals surface area contributed by atoms with E-state index in [1.165, 1.54) is 18.2 Å². The highest BCUT2D eigenvalue weighted by Gasteiger charge is 2.11. The molecule has 3 nitrogen and oxygen atoms in total. The number of anilines is 2. The molecule has 0 saturated carbocycles. The molecule has 0 saturated heterocycles. The molecule has 0 unspecified atom stereocenters. The van der Waals surface area contributed by atoms with E-state index in [-0.39, 0.29) is 22.0 Å². The third-order valence-corrected chi connectivity index (χ3v) is 2.83. The van der Waals surface area contributed by atoms with Gasteiger partial charge in [-0.2, -0.15) is 0 Å². The summed E-state index contributed by atoms with van der Waals surface area (Å²) in [5, 5.41) is 3.08. The molecule has 0 heterocycles. The van der Waals surface area contributed by atoms with Gasteiger partial charge in [-0.1, -0.05) is 23.2 Å². The zero-order valence-electron chi connectivity index (χ0n) is 9.58. The van der Waals surface area contributed by atoms with Crippen LogP contribution in [-0.2, 0) is 0 Å². The quantitative estimate of drug-likeness (QED) is 0.824. The Bertz CT molecular complexity index is 626. The Morgan fingerprint density at radius 1 is 1.11 bits per heavy atom. The van der Waals surface area contributed by atoms with Crippen LogP contribution in [0.25, 0.3) is 0 Å². The topological polar surface area (TPSA) is 55.1 Å². The van der Waals surface area contributed by atoms with Crippen molar-refractivity contribution < 1.29 is 9.18 Å². The van der Waals surface area contributed by atoms with Crippen molar-refractivity contribution in [3.05, 3.63) is 57.8 Å². The van der Waals surface area contributed by atoms with Crippen LogP contribution >= 0.6 is 23.2 Å². The fourth-order valence-corrected chi connectivity index (χ4v) is 1.94. The van der Waals surface area contributed by atoms with E-state index in [1.54, 1.807) is 6.07 Å². The summed E-state index contributed by atoms with van der Waals surface area (Å²) in [5.41, 5.74) is 6.43. The number of amides is 1. The van der Waals surface area contributed by atoms with Crippen LogP contribution in [0.1, 0.15) is 10.4 Å². The lowest BCUT2D eigenvalue weighted by Gasteiger charge is -2.08. The van der Waals surface area contributed by atoms with Gasteiger partial charge in [-0.05, 0) is 36.4 Å². The summed E-state index contributed by atoms with van der Waals surface area (Å²) in [7, 11) is 0. The summed E-state index contributed by atoms with van der Waals surface area (Å²) in [6.07, 6.45) is 0. The van der Waals surface area contributed by atoms with Gasteiger partial charge in [0, 0.05) is 21.4 Å². The van der Waals surface area contributed by atoms with E-state index in [0.29, 0.717) is 5.02 Å². The zero-order valence-corrected chi connectivity index (χ0v) is 11.1. The zero-order chi connectivity index (χ0) is 14.0. The Balaban J connectivity index is 2.28. The van der Waals surface area contributed by atoms with Crippen LogP contribution in [0.5, 0.6) is 0 Å². The SMILES string of the molecule is Nc1ccc(Cl)cc1C(=O)Nc1cc(F)cc(Cl)c1. The Morgan fingerprint density at radius 2 is 1.84 bits per heavy atom. The van der Waals surface area contributed by atoms with Crippen LogP contribution in [0.3, 0.4) is 0 Å². The van der Waals surface area contributed by atoms with Crippen molar-refractivity contribution in [3.8, 4) is 0 Å². The van der Waals surface area contributed by atoms with E-state index in [2.05, 4.69) is 5.32 Å². The lowest BCUT2D eigenvalue weighted by Crippen LogP contribution is -2.14. The minimum atomic E-state index is -0.540. The van der Waals surface area contributed by atoms with Crippen molar-refractivity contribution in [1.29, 1.82) is 0 Å². The first kappa shape index (κ1) is 13.6. The molecule has 1 amide bonds. The van der Waals surface area contributed by atoms with E-state index in [9.17, 15) is 9.18 Å². The number of rotatable bonds is 2. The Kier molecular flexibility index (Phi) is 3.93. The summed E-state index contributed by atoms with van der Waals surface area (Å²) in [4.78, 5) is 12.0. The number of hydrogen-bond donors (Lipinski definition) is 2. The first-order chi connectivity index (χ1) is 8.95. The molecule has 2 aromatic rings. The number of halogens is 3. The van der Waals surface area contributed by atoms with Gasteiger partial charge in [0.1, 0.15) is 5.82 Å². The van der Waals surface area contributed by atoms with Crippen LogP contribution in [0.4, 0.5) is 15.8 Å². The smallest absolute Gasteiger partial charge is 0.257 e. The van der Waals surface area contributed by atoms with E-state index in [4.69, 9.17) is 28.9 Å². The maximum Gasteiger partial charge on any atom is 0.257 e. The summed E-state index contributed by atoms with van der Waals surface area (Å²) < 4.78 is 13.1. The van der Waals surface area contributed by atoms with Gasteiger partial charge in [-0.25, -0.2) is 4.39 Å². The molecule has 6 heteroatoms. The molecule has 19 heavy (non-hydrogen) atoms. The Labute approximate surface area is 119 Å². The number of nitrogen functional groups attached to an aromatic ring is 1. The molecule has 2 aromatic carbocycles. The molecule has 0 bridgehead atoms. The molecule has 0 aromatic heterocycles. The standard InChI is InChI=1S/C13H9Cl2FN2O/c14-7-1-2-12(17)11(5-7)13(19)18-10-4-8(15)3-9(16)6-10/h1-6H,17H2,(H,18,19). The summed E-state index contributed by atoms with van der Waals surface area (Å²) in [6, 6.07) is 8.27. The fraction of sp³-hybridized carbons (Fsp3) is 0. The first-order valence-electron chi connectivity index (χ1n) is 5.28. The van der Waals surface area contributed by atoms with Gasteiger partial charge in [-0.3, -0.25) is 4.79 Å². The highest BCUT2D eigenvalue weighted by Crippen LogP contribution is 2.22. The molecule has 2 rings (SSSR count). The molecule has 0 spiro atoms. The van der Waals surface area contributed by atoms with Crippen LogP contribution in [0.15, 0.2) is 36.4 Å². The lowest BCUT2D eigenvalue weighted by atomic mass is 10.1. The fourth-order valence-electron chi connectivity index (χ4n) is 1.55. The Morgan fingerprint density at radius 3 is 2.53 bits per heavy atom. The molecule has 0 aliphatic heterocycles. The number of carbonyl (C=O) groups excluding carboxylic acids is 1. The minimum absolute atomic E-state index is 0.189. The summed E-state index contributed by atoms with van der Waals surface area (Å²) >= 11 is 11.5. The monoisotopic (exact) mass is 298 g/mol. The van der Waals surface area contributed by atoms with Crippen LogP contribution in [0.2, 0.25) is 10.0 Å². The van der Waals surface area contributed by atoms with Gasteiger partial charge in [0.15, 0.2) is 0 Å². The highest BCUT2D eigenvalue weighted by atomic mass is 35.5. The second kappa shape index (κ2) is 5.47. The van der Waals surface area contributed by atoms with Gasteiger partial charge in [-0.15, -0.1) is 0 Å². The summed E-state index contributed by atoms with van der Waals surface area (Å²) in [6.45, 7) is 0. The van der Waals surface area contributed by atoms with Gasteiger partial charge in [0.25, 0.3) is 5.91 Å². The van der Waals surface area contributed by atoms with E-state index >= 15 is 0 Å².